The van der Waals surface area contributed by atoms with Gasteiger partial charge in [0.2, 0.25) is 0 Å². The molecule has 0 atom stereocenters. The van der Waals surface area contributed by atoms with Crippen LogP contribution in [-0.4, -0.2) is 0 Å². The molecule has 0 spiro atoms. The van der Waals surface area contributed by atoms with Gasteiger partial charge in [-0.3, -0.25) is 0 Å². The van der Waals surface area contributed by atoms with Gasteiger partial charge in [-0.1, -0.05) is 194 Å². The summed E-state index contributed by atoms with van der Waals surface area (Å²) in [5.74, 6) is 0. The van der Waals surface area contributed by atoms with E-state index in [0.717, 1.165) is 56.4 Å². The van der Waals surface area contributed by atoms with Gasteiger partial charge < -0.3 is 9.80 Å². The van der Waals surface area contributed by atoms with E-state index in [1.54, 1.807) is 0 Å². The lowest BCUT2D eigenvalue weighted by Crippen LogP contribution is -2.10. The summed E-state index contributed by atoms with van der Waals surface area (Å²) in [5.41, 5.74) is 21.0. The summed E-state index contributed by atoms with van der Waals surface area (Å²) in [6, 6.07) is 95.4. The summed E-state index contributed by atoms with van der Waals surface area (Å²) in [4.78, 5) is 4.65. The number of anilines is 6. The Morgan fingerprint density at radius 2 is 0.529 bits per heavy atom. The first-order valence-electron chi connectivity index (χ1n) is 23.3. The van der Waals surface area contributed by atoms with Crippen LogP contribution >= 0.6 is 0 Å². The fraction of sp³-hybridized carbons (Fsp3) is 0.0303. The molecule has 0 aliphatic carbocycles. The average Bonchev–Trinajstić information content (AvgIpc) is 3.40. The van der Waals surface area contributed by atoms with Gasteiger partial charge in [0.25, 0.3) is 0 Å². The van der Waals surface area contributed by atoms with Gasteiger partial charge in [0, 0.05) is 34.1 Å². The maximum absolute atomic E-state index is 2.32. The number of nitrogens with zero attached hydrogens (tertiary/aromatic N) is 2. The lowest BCUT2D eigenvalue weighted by Gasteiger charge is -2.26. The first-order valence-corrected chi connectivity index (χ1v) is 23.3. The lowest BCUT2D eigenvalue weighted by molar-refractivity contribution is 1.28. The second-order valence-electron chi connectivity index (χ2n) is 17.1. The molecule has 2 nitrogen and oxygen atoms in total. The standard InChI is InChI=1S/C66H52N2/c1-49-19-15-17-29-63(49)65(55-21-7-3-8-22-55)47-51-31-39-59(40-32-51)67(57-25-11-5-12-26-57)61-43-35-53(36-44-61)54-37-45-62(46-38-54)68(58-27-13-6-14-28-58)60-41-33-52(34-42-60)48-66(56-23-9-4-10-24-56)64-30-18-16-20-50(64)2/h3-48H,1-2H3/b65-47+,66-48+. The number of hydrogen-bond acceptors (Lipinski definition) is 2. The number of hydrogen-bond donors (Lipinski definition) is 0. The summed E-state index contributed by atoms with van der Waals surface area (Å²) in [7, 11) is 0. The predicted octanol–water partition coefficient (Wildman–Crippen LogP) is 18.1. The maximum Gasteiger partial charge on any atom is 0.0462 e. The van der Waals surface area contributed by atoms with Gasteiger partial charge in [-0.15, -0.1) is 0 Å². The van der Waals surface area contributed by atoms with Gasteiger partial charge in [-0.25, -0.2) is 0 Å². The Balaban J connectivity index is 0.925. The highest BCUT2D eigenvalue weighted by Gasteiger charge is 2.16. The Morgan fingerprint density at radius 1 is 0.265 bits per heavy atom. The van der Waals surface area contributed by atoms with Crippen LogP contribution in [0.5, 0.6) is 0 Å². The third-order valence-electron chi connectivity index (χ3n) is 12.6. The van der Waals surface area contributed by atoms with Crippen molar-refractivity contribution >= 4 is 57.4 Å². The van der Waals surface area contributed by atoms with Crippen molar-refractivity contribution < 1.29 is 0 Å². The molecule has 0 heterocycles. The van der Waals surface area contributed by atoms with E-state index in [9.17, 15) is 0 Å². The number of aryl methyl sites for hydroxylation is 2. The minimum absolute atomic E-state index is 1.09. The van der Waals surface area contributed by atoms with Crippen LogP contribution in [0.25, 0.3) is 34.4 Å². The molecule has 326 valence electrons. The molecular formula is C66H52N2. The second-order valence-corrected chi connectivity index (χ2v) is 17.1. The van der Waals surface area contributed by atoms with Gasteiger partial charge >= 0.3 is 0 Å². The Bertz CT molecular complexity index is 3060. The molecule has 0 radical (unpaired) electrons. The highest BCUT2D eigenvalue weighted by Crippen LogP contribution is 2.39. The van der Waals surface area contributed by atoms with Crippen molar-refractivity contribution in [3.63, 3.8) is 0 Å². The summed E-state index contributed by atoms with van der Waals surface area (Å²) >= 11 is 0. The molecule has 2 heteroatoms. The molecular weight excluding hydrogens is 821 g/mol. The van der Waals surface area contributed by atoms with E-state index >= 15 is 0 Å². The average molecular weight is 873 g/mol. The maximum atomic E-state index is 2.32. The number of benzene rings is 10. The first-order chi connectivity index (χ1) is 33.6. The SMILES string of the molecule is Cc1ccccc1/C(=C/c1ccc(N(c2ccccc2)c2ccc(-c3ccc(N(c4ccccc4)c4ccc(/C=C(\c5ccccc5)c5ccccc5C)cc4)cc3)cc2)cc1)c1ccccc1. The Kier molecular flexibility index (Phi) is 12.8. The molecule has 10 aromatic rings. The minimum atomic E-state index is 1.09. The van der Waals surface area contributed by atoms with Crippen LogP contribution in [0.4, 0.5) is 34.1 Å². The fourth-order valence-electron chi connectivity index (χ4n) is 9.05. The van der Waals surface area contributed by atoms with Crippen LogP contribution in [-0.2, 0) is 0 Å². The van der Waals surface area contributed by atoms with E-state index in [2.05, 4.69) is 303 Å². The van der Waals surface area contributed by atoms with Crippen LogP contribution in [0.3, 0.4) is 0 Å². The summed E-state index contributed by atoms with van der Waals surface area (Å²) in [6.07, 6.45) is 4.61. The van der Waals surface area contributed by atoms with Crippen molar-refractivity contribution in [3.8, 4) is 11.1 Å². The van der Waals surface area contributed by atoms with Crippen molar-refractivity contribution in [3.05, 3.63) is 311 Å². The van der Waals surface area contributed by atoms with Crippen LogP contribution in [0.1, 0.15) is 44.5 Å². The molecule has 0 aliphatic rings. The largest absolute Gasteiger partial charge is 0.311 e. The molecule has 0 amide bonds. The van der Waals surface area contributed by atoms with E-state index in [1.165, 1.54) is 44.5 Å². The van der Waals surface area contributed by atoms with Crippen molar-refractivity contribution in [2.24, 2.45) is 0 Å². The number of rotatable bonds is 13. The van der Waals surface area contributed by atoms with Crippen molar-refractivity contribution in [1.82, 2.24) is 0 Å². The molecule has 0 saturated heterocycles. The van der Waals surface area contributed by atoms with Gasteiger partial charge in [-0.2, -0.15) is 0 Å². The fourth-order valence-corrected chi connectivity index (χ4v) is 9.05. The third-order valence-corrected chi connectivity index (χ3v) is 12.6. The van der Waals surface area contributed by atoms with Crippen molar-refractivity contribution in [2.45, 2.75) is 13.8 Å². The highest BCUT2D eigenvalue weighted by molar-refractivity contribution is 5.94. The van der Waals surface area contributed by atoms with E-state index in [1.807, 2.05) is 0 Å². The molecule has 0 saturated carbocycles. The van der Waals surface area contributed by atoms with Crippen LogP contribution in [0.2, 0.25) is 0 Å². The summed E-state index contributed by atoms with van der Waals surface area (Å²) in [5, 5.41) is 0. The summed E-state index contributed by atoms with van der Waals surface area (Å²) < 4.78 is 0. The zero-order chi connectivity index (χ0) is 46.1. The highest BCUT2D eigenvalue weighted by atomic mass is 15.1. The topological polar surface area (TPSA) is 6.48 Å². The van der Waals surface area contributed by atoms with E-state index < -0.39 is 0 Å². The monoisotopic (exact) mass is 872 g/mol. The molecule has 0 bridgehead atoms. The van der Waals surface area contributed by atoms with Crippen LogP contribution < -0.4 is 9.80 Å². The predicted molar refractivity (Wildman–Crippen MR) is 290 cm³/mol. The molecule has 0 aliphatic heterocycles. The molecule has 10 aromatic carbocycles. The van der Waals surface area contributed by atoms with E-state index in [4.69, 9.17) is 0 Å². The molecule has 0 N–H and O–H groups in total. The molecule has 10 rings (SSSR count). The second kappa shape index (κ2) is 20.2. The minimum Gasteiger partial charge on any atom is -0.311 e. The first kappa shape index (κ1) is 43.2. The molecule has 68 heavy (non-hydrogen) atoms. The number of para-hydroxylation sites is 2. The van der Waals surface area contributed by atoms with Gasteiger partial charge in [0.1, 0.15) is 0 Å². The van der Waals surface area contributed by atoms with Crippen LogP contribution in [0.15, 0.2) is 267 Å². The van der Waals surface area contributed by atoms with Crippen molar-refractivity contribution in [2.75, 3.05) is 9.80 Å². The van der Waals surface area contributed by atoms with Gasteiger partial charge in [-0.05, 0) is 166 Å². The van der Waals surface area contributed by atoms with E-state index in [-0.39, 0.29) is 0 Å². The van der Waals surface area contributed by atoms with Gasteiger partial charge in [0.05, 0.1) is 0 Å². The smallest absolute Gasteiger partial charge is 0.0462 e. The summed E-state index contributed by atoms with van der Waals surface area (Å²) in [6.45, 7) is 4.36. The molecule has 0 fully saturated rings. The molecule has 0 aromatic heterocycles. The normalized spacial score (nSPS) is 11.6. The Labute approximate surface area is 401 Å². The third kappa shape index (κ3) is 9.63. The zero-order valence-corrected chi connectivity index (χ0v) is 38.5. The Hall–Kier alpha value is -8.72. The van der Waals surface area contributed by atoms with Crippen LogP contribution in [0, 0.1) is 13.8 Å². The van der Waals surface area contributed by atoms with Crippen molar-refractivity contribution in [1.29, 1.82) is 0 Å². The zero-order valence-electron chi connectivity index (χ0n) is 38.5. The Morgan fingerprint density at radius 3 is 0.853 bits per heavy atom. The quantitative estimate of drug-likeness (QED) is 0.107. The lowest BCUT2D eigenvalue weighted by atomic mass is 9.92. The van der Waals surface area contributed by atoms with E-state index in [0.29, 0.717) is 0 Å². The molecule has 0 unspecified atom stereocenters. The van der Waals surface area contributed by atoms with Gasteiger partial charge in [0.15, 0.2) is 0 Å².